The molecule has 99 heavy (non-hydrogen) atoms. The Balaban J connectivity index is 1.30. The van der Waals surface area contributed by atoms with Gasteiger partial charge in [0.1, 0.15) is 73.2 Å². The summed E-state index contributed by atoms with van der Waals surface area (Å²) in [4.78, 5) is 13.4. The van der Waals surface area contributed by atoms with Gasteiger partial charge in [0.25, 0.3) is 0 Å². The highest BCUT2D eigenvalue weighted by molar-refractivity contribution is 5.76. The van der Waals surface area contributed by atoms with Crippen LogP contribution in [-0.2, 0) is 33.2 Å². The van der Waals surface area contributed by atoms with Gasteiger partial charge >= 0.3 is 0 Å². The molecule has 0 spiro atoms. The van der Waals surface area contributed by atoms with Crippen molar-refractivity contribution in [2.75, 3.05) is 26.4 Å². The highest BCUT2D eigenvalue weighted by atomic mass is 16.8. The number of carbonyl (C=O) groups is 1. The third-order valence-corrected chi connectivity index (χ3v) is 18.6. The Hall–Kier alpha value is -3.55. The van der Waals surface area contributed by atoms with E-state index in [4.69, 9.17) is 28.4 Å². The molecule has 17 unspecified atom stereocenters. The maximum Gasteiger partial charge on any atom is 0.220 e. The van der Waals surface area contributed by atoms with Gasteiger partial charge in [-0.2, -0.15) is 0 Å². The van der Waals surface area contributed by atoms with Crippen molar-refractivity contribution >= 4 is 5.91 Å². The molecule has 0 aromatic rings. The zero-order valence-electron chi connectivity index (χ0n) is 60.7. The minimum Gasteiger partial charge on any atom is -0.394 e. The number of aliphatic hydroxyl groups is 11. The quantitative estimate of drug-likeness (QED) is 0.0199. The van der Waals surface area contributed by atoms with Gasteiger partial charge in [0.05, 0.1) is 38.6 Å². The van der Waals surface area contributed by atoms with E-state index < -0.39 is 124 Å². The molecule has 3 heterocycles. The minimum absolute atomic E-state index is 0.247. The van der Waals surface area contributed by atoms with Gasteiger partial charge < -0.3 is 89.9 Å². The number of amides is 1. The zero-order valence-corrected chi connectivity index (χ0v) is 60.7. The van der Waals surface area contributed by atoms with E-state index in [0.29, 0.717) is 12.8 Å². The standard InChI is InChI=1S/C80H137NO18/c1-3-5-7-9-11-13-15-17-18-19-20-21-22-23-24-25-26-27-28-29-30-31-32-33-34-35-36-37-38-39-40-41-42-43-44-46-48-50-52-54-56-58-68(86)81-63(64(85)57-55-53-51-49-47-45-16-14-12-10-8-6-4-2)62-94-78-74(92)71(89)76(66(60-83)96-78)99-80-75(93)72(90)77(67(61-84)97-80)98-79-73(91)70(88)69(87)65(59-82)95-79/h5,7,11,13,17-18,20-21,23-24,26-27,29-30,32-33,35-36,63-67,69-80,82-85,87-93H,3-4,6,8-10,12,14-16,19,22,25,28,31,34,37-62H2,1-2H3,(H,81,86)/b7-5-,13-11-,18-17-,21-20-,24-23-,27-26-,30-29-,33-32-,36-35-. The summed E-state index contributed by atoms with van der Waals surface area (Å²) in [7, 11) is 0. The summed E-state index contributed by atoms with van der Waals surface area (Å²) in [5.41, 5.74) is 0. The van der Waals surface area contributed by atoms with Crippen molar-refractivity contribution in [1.82, 2.24) is 5.32 Å². The fourth-order valence-corrected chi connectivity index (χ4v) is 12.4. The fourth-order valence-electron chi connectivity index (χ4n) is 12.4. The molecular weight excluding hydrogens is 1260 g/mol. The summed E-state index contributed by atoms with van der Waals surface area (Å²) in [5.74, 6) is -0.247. The smallest absolute Gasteiger partial charge is 0.220 e. The van der Waals surface area contributed by atoms with E-state index in [-0.39, 0.29) is 18.9 Å². The van der Waals surface area contributed by atoms with Crippen LogP contribution in [0.2, 0.25) is 0 Å². The van der Waals surface area contributed by atoms with E-state index in [0.717, 1.165) is 109 Å². The van der Waals surface area contributed by atoms with Crippen molar-refractivity contribution in [2.24, 2.45) is 0 Å². The normalized spacial score (nSPS) is 27.2. The van der Waals surface area contributed by atoms with Crippen molar-refractivity contribution in [3.63, 3.8) is 0 Å². The number of ether oxygens (including phenoxy) is 6. The Kier molecular flexibility index (Phi) is 54.2. The number of rotatable bonds is 59. The lowest BCUT2D eigenvalue weighted by atomic mass is 9.96. The SMILES string of the molecule is CC/C=C\C/C=C\C/C=C\C/C=C\C/C=C\C/C=C\C/C=C\C/C=C\C/C=C\CCCCCCCCCCCCCCCC(=O)NC(COC1OC(CO)C(OC2OC(CO)C(OC3OC(CO)C(O)C(O)C3O)C(O)C2O)C(O)C1O)C(O)CCCCCCCCCCCCCCC. The van der Waals surface area contributed by atoms with Gasteiger partial charge in [-0.1, -0.05) is 277 Å². The van der Waals surface area contributed by atoms with E-state index >= 15 is 0 Å². The van der Waals surface area contributed by atoms with Crippen molar-refractivity contribution in [3.8, 4) is 0 Å². The molecule has 570 valence electrons. The van der Waals surface area contributed by atoms with Crippen LogP contribution in [0.4, 0.5) is 0 Å². The summed E-state index contributed by atoms with van der Waals surface area (Å²) in [6, 6.07) is -0.893. The van der Waals surface area contributed by atoms with Crippen LogP contribution in [0.25, 0.3) is 0 Å². The molecule has 1 amide bonds. The maximum absolute atomic E-state index is 13.4. The molecule has 19 nitrogen and oxygen atoms in total. The number of hydrogen-bond acceptors (Lipinski definition) is 18. The Labute approximate surface area is 595 Å². The van der Waals surface area contributed by atoms with Crippen LogP contribution in [0.5, 0.6) is 0 Å². The second kappa shape index (κ2) is 59.8. The highest BCUT2D eigenvalue weighted by Gasteiger charge is 2.53. The Morgan fingerprint density at radius 1 is 0.374 bits per heavy atom. The molecule has 3 rings (SSSR count). The Bertz CT molecular complexity index is 2220. The molecule has 0 aliphatic carbocycles. The van der Waals surface area contributed by atoms with E-state index in [1.54, 1.807) is 0 Å². The van der Waals surface area contributed by atoms with Crippen LogP contribution in [-0.4, -0.2) is 193 Å². The molecule has 0 radical (unpaired) electrons. The topological polar surface area (TPSA) is 307 Å². The molecule has 0 bridgehead atoms. The van der Waals surface area contributed by atoms with Crippen molar-refractivity contribution in [2.45, 2.75) is 362 Å². The van der Waals surface area contributed by atoms with Crippen molar-refractivity contribution in [1.29, 1.82) is 0 Å². The summed E-state index contributed by atoms with van der Waals surface area (Å²) in [6.45, 7) is 1.67. The van der Waals surface area contributed by atoms with Crippen LogP contribution in [0.3, 0.4) is 0 Å². The predicted molar refractivity (Wildman–Crippen MR) is 392 cm³/mol. The molecule has 0 aromatic carbocycles. The summed E-state index contributed by atoms with van der Waals surface area (Å²) in [6.07, 6.45) is 54.7. The van der Waals surface area contributed by atoms with E-state index in [2.05, 4.69) is 129 Å². The zero-order chi connectivity index (χ0) is 71.8. The summed E-state index contributed by atoms with van der Waals surface area (Å²) in [5, 5.41) is 121. The first kappa shape index (κ1) is 89.7. The van der Waals surface area contributed by atoms with E-state index in [1.165, 1.54) is 116 Å². The first-order chi connectivity index (χ1) is 48.3. The van der Waals surface area contributed by atoms with Gasteiger partial charge in [0, 0.05) is 6.42 Å². The largest absolute Gasteiger partial charge is 0.394 e. The van der Waals surface area contributed by atoms with Crippen LogP contribution in [0.1, 0.15) is 258 Å². The van der Waals surface area contributed by atoms with Gasteiger partial charge in [-0.3, -0.25) is 4.79 Å². The van der Waals surface area contributed by atoms with Crippen LogP contribution in [0, 0.1) is 0 Å². The second-order valence-corrected chi connectivity index (χ2v) is 27.1. The molecular formula is C80H137NO18. The highest BCUT2D eigenvalue weighted by Crippen LogP contribution is 2.33. The predicted octanol–water partition coefficient (Wildman–Crippen LogP) is 12.2. The van der Waals surface area contributed by atoms with Crippen molar-refractivity contribution in [3.05, 3.63) is 109 Å². The van der Waals surface area contributed by atoms with Gasteiger partial charge in [-0.15, -0.1) is 0 Å². The third kappa shape index (κ3) is 40.3. The molecule has 0 saturated carbocycles. The fraction of sp³-hybridized carbons (Fsp3) is 0.762. The minimum atomic E-state index is -1.98. The number of carbonyl (C=O) groups excluding carboxylic acids is 1. The van der Waals surface area contributed by atoms with Gasteiger partial charge in [0.15, 0.2) is 18.9 Å². The molecule has 3 aliphatic heterocycles. The van der Waals surface area contributed by atoms with Crippen molar-refractivity contribution < 1.29 is 89.4 Å². The third-order valence-electron chi connectivity index (χ3n) is 18.6. The maximum atomic E-state index is 13.4. The van der Waals surface area contributed by atoms with Crippen LogP contribution in [0.15, 0.2) is 109 Å². The van der Waals surface area contributed by atoms with Crippen LogP contribution >= 0.6 is 0 Å². The number of nitrogens with one attached hydrogen (secondary N) is 1. The molecule has 12 N–H and O–H groups in total. The number of allylic oxidation sites excluding steroid dienone is 18. The number of unbranched alkanes of at least 4 members (excludes halogenated alkanes) is 25. The Morgan fingerprint density at radius 3 is 1.09 bits per heavy atom. The summed E-state index contributed by atoms with van der Waals surface area (Å²) >= 11 is 0. The number of aliphatic hydroxyl groups excluding tert-OH is 11. The molecule has 17 atom stereocenters. The lowest BCUT2D eigenvalue weighted by molar-refractivity contribution is -0.379. The average Bonchev–Trinajstić information content (AvgIpc) is 0.785. The molecule has 0 aromatic heterocycles. The number of hydrogen-bond donors (Lipinski definition) is 12. The molecule has 19 heteroatoms. The van der Waals surface area contributed by atoms with Gasteiger partial charge in [0.2, 0.25) is 5.91 Å². The van der Waals surface area contributed by atoms with Crippen LogP contribution < -0.4 is 5.32 Å². The Morgan fingerprint density at radius 2 is 0.697 bits per heavy atom. The van der Waals surface area contributed by atoms with Gasteiger partial charge in [-0.25, -0.2) is 0 Å². The lowest BCUT2D eigenvalue weighted by Gasteiger charge is -2.48. The molecule has 3 aliphatic rings. The molecule has 3 fully saturated rings. The van der Waals surface area contributed by atoms with Gasteiger partial charge in [-0.05, 0) is 83.5 Å². The van der Waals surface area contributed by atoms with E-state index in [1.807, 2.05) is 0 Å². The van der Waals surface area contributed by atoms with E-state index in [9.17, 15) is 61.0 Å². The first-order valence-corrected chi connectivity index (χ1v) is 38.6. The average molecular weight is 1400 g/mol. The summed E-state index contributed by atoms with van der Waals surface area (Å²) < 4.78 is 34.4. The monoisotopic (exact) mass is 1400 g/mol. The molecule has 3 saturated heterocycles. The first-order valence-electron chi connectivity index (χ1n) is 38.6. The lowest BCUT2D eigenvalue weighted by Crippen LogP contribution is -2.66. The second-order valence-electron chi connectivity index (χ2n) is 27.1.